The van der Waals surface area contributed by atoms with E-state index in [1.165, 1.54) is 0 Å². The predicted molar refractivity (Wildman–Crippen MR) is 72.3 cm³/mol. The van der Waals surface area contributed by atoms with Crippen molar-refractivity contribution in [3.05, 3.63) is 34.9 Å². The molecule has 0 aliphatic carbocycles. The van der Waals surface area contributed by atoms with Crippen LogP contribution in [0, 0.1) is 5.92 Å². The van der Waals surface area contributed by atoms with Gasteiger partial charge in [-0.05, 0) is 31.0 Å². The zero-order valence-electron chi connectivity index (χ0n) is 11.0. The van der Waals surface area contributed by atoms with E-state index in [0.29, 0.717) is 18.1 Å². The highest BCUT2D eigenvalue weighted by Crippen LogP contribution is 2.14. The van der Waals surface area contributed by atoms with Crippen molar-refractivity contribution in [2.75, 3.05) is 6.61 Å². The van der Waals surface area contributed by atoms with E-state index in [-0.39, 0.29) is 11.9 Å². The van der Waals surface area contributed by atoms with Crippen LogP contribution < -0.4 is 0 Å². The summed E-state index contributed by atoms with van der Waals surface area (Å²) in [5.74, 6) is -0.251. The fraction of sp³-hybridized carbons (Fsp3) is 0.500. The second kappa shape index (κ2) is 9.06. The number of rotatable bonds is 4. The van der Waals surface area contributed by atoms with Crippen LogP contribution in [0.5, 0.6) is 0 Å². The summed E-state index contributed by atoms with van der Waals surface area (Å²) in [7, 11) is 0. The van der Waals surface area contributed by atoms with Gasteiger partial charge < -0.3 is 4.74 Å². The number of carbonyl (C=O) groups excluding carboxylic acids is 1. The van der Waals surface area contributed by atoms with E-state index >= 15 is 0 Å². The van der Waals surface area contributed by atoms with Gasteiger partial charge in [0.15, 0.2) is 0 Å². The average molecular weight is 257 g/mol. The van der Waals surface area contributed by atoms with E-state index < -0.39 is 0 Å². The lowest BCUT2D eigenvalue weighted by Crippen LogP contribution is -2.16. The minimum Gasteiger partial charge on any atom is -0.466 e. The summed E-state index contributed by atoms with van der Waals surface area (Å²) in [6, 6.07) is 7.51. The molecule has 0 heterocycles. The van der Waals surface area contributed by atoms with Gasteiger partial charge in [-0.3, -0.25) is 4.79 Å². The molecule has 0 saturated carbocycles. The first-order chi connectivity index (χ1) is 8.13. The summed E-state index contributed by atoms with van der Waals surface area (Å²) in [5, 5.41) is 0.711. The largest absolute Gasteiger partial charge is 0.466 e. The van der Waals surface area contributed by atoms with E-state index in [0.717, 1.165) is 5.56 Å². The van der Waals surface area contributed by atoms with Gasteiger partial charge in [0.1, 0.15) is 0 Å². The Morgan fingerprint density at radius 1 is 1.29 bits per heavy atom. The number of hydrogen-bond acceptors (Lipinski definition) is 2. The molecule has 0 bridgehead atoms. The highest BCUT2D eigenvalue weighted by atomic mass is 35.5. The van der Waals surface area contributed by atoms with E-state index in [1.807, 2.05) is 52.0 Å². The van der Waals surface area contributed by atoms with Crippen molar-refractivity contribution < 1.29 is 9.53 Å². The van der Waals surface area contributed by atoms with Crippen molar-refractivity contribution in [1.29, 1.82) is 0 Å². The van der Waals surface area contributed by atoms with Crippen LogP contribution in [0.25, 0.3) is 0 Å². The second-order valence-corrected chi connectivity index (χ2v) is 3.92. The molecule has 3 heteroatoms. The van der Waals surface area contributed by atoms with E-state index in [2.05, 4.69) is 0 Å². The average Bonchev–Trinajstić information content (AvgIpc) is 2.35. The van der Waals surface area contributed by atoms with Crippen molar-refractivity contribution in [3.8, 4) is 0 Å². The number of carbonyl (C=O) groups is 1. The first-order valence-electron chi connectivity index (χ1n) is 6.04. The number of benzene rings is 1. The van der Waals surface area contributed by atoms with Crippen LogP contribution in [0.3, 0.4) is 0 Å². The highest BCUT2D eigenvalue weighted by Gasteiger charge is 2.14. The standard InChI is InChI=1S/C12H15ClO2.C2H6/c1-3-15-12(14)9(2)8-10-4-6-11(13)7-5-10;1-2/h4-7,9H,3,8H2,1-2H3;1-2H3. The van der Waals surface area contributed by atoms with Gasteiger partial charge in [0, 0.05) is 5.02 Å². The topological polar surface area (TPSA) is 26.3 Å². The lowest BCUT2D eigenvalue weighted by molar-refractivity contribution is -0.147. The minimum absolute atomic E-state index is 0.105. The van der Waals surface area contributed by atoms with E-state index in [9.17, 15) is 4.79 Å². The Hall–Kier alpha value is -1.02. The van der Waals surface area contributed by atoms with Crippen molar-refractivity contribution in [2.45, 2.75) is 34.1 Å². The molecule has 0 N–H and O–H groups in total. The normalized spacial score (nSPS) is 11.1. The zero-order valence-corrected chi connectivity index (χ0v) is 11.8. The molecule has 0 aliphatic heterocycles. The Morgan fingerprint density at radius 2 is 1.82 bits per heavy atom. The van der Waals surface area contributed by atoms with Crippen LogP contribution in [0.15, 0.2) is 24.3 Å². The van der Waals surface area contributed by atoms with Gasteiger partial charge in [0.05, 0.1) is 12.5 Å². The van der Waals surface area contributed by atoms with Gasteiger partial charge >= 0.3 is 5.97 Å². The summed E-state index contributed by atoms with van der Waals surface area (Å²) < 4.78 is 4.93. The predicted octanol–water partition coefficient (Wildman–Crippen LogP) is 4.11. The maximum atomic E-state index is 11.4. The Balaban J connectivity index is 0.00000121. The summed E-state index contributed by atoms with van der Waals surface area (Å²) in [5.41, 5.74) is 1.10. The van der Waals surface area contributed by atoms with E-state index in [4.69, 9.17) is 16.3 Å². The molecule has 1 rings (SSSR count). The zero-order chi connectivity index (χ0) is 13.3. The maximum absolute atomic E-state index is 11.4. The molecule has 1 atom stereocenters. The molecule has 17 heavy (non-hydrogen) atoms. The van der Waals surface area contributed by atoms with Crippen molar-refractivity contribution in [3.63, 3.8) is 0 Å². The van der Waals surface area contributed by atoms with Gasteiger partial charge in [-0.2, -0.15) is 0 Å². The number of halogens is 1. The van der Waals surface area contributed by atoms with E-state index in [1.54, 1.807) is 0 Å². The van der Waals surface area contributed by atoms with Gasteiger partial charge in [-0.15, -0.1) is 0 Å². The molecule has 1 aromatic rings. The SMILES string of the molecule is CC.CCOC(=O)C(C)Cc1ccc(Cl)cc1. The summed E-state index contributed by atoms with van der Waals surface area (Å²) in [4.78, 5) is 11.4. The molecule has 96 valence electrons. The summed E-state index contributed by atoms with van der Waals surface area (Å²) >= 11 is 5.77. The van der Waals surface area contributed by atoms with Gasteiger partial charge in [0.2, 0.25) is 0 Å². The highest BCUT2D eigenvalue weighted by molar-refractivity contribution is 6.30. The molecule has 0 amide bonds. The lowest BCUT2D eigenvalue weighted by atomic mass is 10.0. The van der Waals surface area contributed by atoms with Gasteiger partial charge in [0.25, 0.3) is 0 Å². The molecule has 1 aromatic carbocycles. The first-order valence-corrected chi connectivity index (χ1v) is 6.42. The molecule has 1 unspecified atom stereocenters. The number of hydrogen-bond donors (Lipinski definition) is 0. The summed E-state index contributed by atoms with van der Waals surface area (Å²) in [6.45, 7) is 8.11. The van der Waals surface area contributed by atoms with Gasteiger partial charge in [-0.25, -0.2) is 0 Å². The molecule has 2 nitrogen and oxygen atoms in total. The Bertz CT molecular complexity index is 319. The molecular formula is C14H21ClO2. The van der Waals surface area contributed by atoms with Crippen molar-refractivity contribution >= 4 is 17.6 Å². The molecule has 0 spiro atoms. The van der Waals surface area contributed by atoms with Crippen LogP contribution in [-0.2, 0) is 16.0 Å². The second-order valence-electron chi connectivity index (χ2n) is 3.48. The third kappa shape index (κ3) is 6.32. The van der Waals surface area contributed by atoms with Crippen LogP contribution in [0.1, 0.15) is 33.3 Å². The lowest BCUT2D eigenvalue weighted by Gasteiger charge is -2.10. The Kier molecular flexibility index (Phi) is 8.51. The quantitative estimate of drug-likeness (QED) is 0.758. The molecular weight excluding hydrogens is 236 g/mol. The fourth-order valence-electron chi connectivity index (χ4n) is 1.34. The van der Waals surface area contributed by atoms with Crippen molar-refractivity contribution in [1.82, 2.24) is 0 Å². The van der Waals surface area contributed by atoms with Crippen LogP contribution in [0.2, 0.25) is 5.02 Å². The van der Waals surface area contributed by atoms with Crippen LogP contribution >= 0.6 is 11.6 Å². The third-order valence-corrected chi connectivity index (χ3v) is 2.40. The van der Waals surface area contributed by atoms with Crippen LogP contribution in [-0.4, -0.2) is 12.6 Å². The number of esters is 1. The van der Waals surface area contributed by atoms with Gasteiger partial charge in [-0.1, -0.05) is 44.5 Å². The van der Waals surface area contributed by atoms with Crippen LogP contribution in [0.4, 0.5) is 0 Å². The Labute approximate surface area is 109 Å². The molecule has 0 aliphatic rings. The maximum Gasteiger partial charge on any atom is 0.308 e. The Morgan fingerprint density at radius 3 is 2.29 bits per heavy atom. The van der Waals surface area contributed by atoms with Crippen molar-refractivity contribution in [2.24, 2.45) is 5.92 Å². The minimum atomic E-state index is -0.146. The molecule has 0 aromatic heterocycles. The third-order valence-electron chi connectivity index (χ3n) is 2.14. The molecule has 0 fully saturated rings. The number of ether oxygens (including phenoxy) is 1. The summed E-state index contributed by atoms with van der Waals surface area (Å²) in [6.07, 6.45) is 0.690. The smallest absolute Gasteiger partial charge is 0.308 e. The molecule has 0 saturated heterocycles. The first kappa shape index (κ1) is 16.0. The molecule has 0 radical (unpaired) electrons. The monoisotopic (exact) mass is 256 g/mol. The fourth-order valence-corrected chi connectivity index (χ4v) is 1.47.